The molecule has 24 heteroatoms. The summed E-state index contributed by atoms with van der Waals surface area (Å²) in [5.74, 6) is -5.84. The lowest BCUT2D eigenvalue weighted by molar-refractivity contribution is -0.170. The molecule has 2 aliphatic carbocycles. The number of carbonyl (C=O) groups excluding carboxylic acids is 8. The zero-order valence-corrected chi connectivity index (χ0v) is 52.2. The van der Waals surface area contributed by atoms with Crippen molar-refractivity contribution in [3.63, 3.8) is 0 Å². The van der Waals surface area contributed by atoms with Crippen LogP contribution in [0.15, 0.2) is 86.0 Å². The number of aryl methyl sites for hydroxylation is 1. The number of carbonyl (C=O) groups is 9. The Labute approximate surface area is 527 Å². The highest BCUT2D eigenvalue weighted by atomic mass is 16.7. The van der Waals surface area contributed by atoms with Gasteiger partial charge in [-0.05, 0) is 153 Å². The Morgan fingerprint density at radius 1 is 0.626 bits per heavy atom. The van der Waals surface area contributed by atoms with Crippen molar-refractivity contribution in [3.8, 4) is 28.0 Å². The van der Waals surface area contributed by atoms with Gasteiger partial charge in [-0.2, -0.15) is 0 Å². The average Bonchev–Trinajstić information content (AvgIpc) is 1.63. The number of aliphatic hydroxyl groups is 1. The summed E-state index contributed by atoms with van der Waals surface area (Å²) in [6, 6.07) is 18.1. The van der Waals surface area contributed by atoms with Gasteiger partial charge in [-0.3, -0.25) is 34.7 Å². The van der Waals surface area contributed by atoms with Crippen LogP contribution in [0.1, 0.15) is 171 Å². The predicted octanol–water partition coefficient (Wildman–Crippen LogP) is 9.95. The molecule has 2 atom stereocenters. The van der Waals surface area contributed by atoms with Crippen LogP contribution < -0.4 is 26.0 Å². The lowest BCUT2D eigenvalue weighted by atomic mass is 9.93. The van der Waals surface area contributed by atoms with E-state index < -0.39 is 78.1 Å². The van der Waals surface area contributed by atoms with Crippen LogP contribution in [-0.4, -0.2) is 126 Å². The summed E-state index contributed by atoms with van der Waals surface area (Å²) < 4.78 is 31.8. The molecule has 91 heavy (non-hydrogen) atoms. The summed E-state index contributed by atoms with van der Waals surface area (Å²) in [6.07, 6.45) is 5.76. The monoisotopic (exact) mass is 1250 g/mol. The molecule has 7 N–H and O–H groups in total. The number of rotatable bonds is 28. The predicted molar refractivity (Wildman–Crippen MR) is 336 cm³/mol. The number of pyridine rings is 2. The van der Waals surface area contributed by atoms with E-state index in [0.29, 0.717) is 72.3 Å². The van der Waals surface area contributed by atoms with E-state index >= 15 is 0 Å². The van der Waals surface area contributed by atoms with Gasteiger partial charge < -0.3 is 54.6 Å². The zero-order valence-electron chi connectivity index (χ0n) is 52.2. The Kier molecular flexibility index (Phi) is 25.3. The van der Waals surface area contributed by atoms with Crippen LogP contribution >= 0.6 is 0 Å². The largest absolute Gasteiger partial charge is 0.496 e. The molecule has 482 valence electrons. The molecule has 0 spiro atoms. The summed E-state index contributed by atoms with van der Waals surface area (Å²) in [5, 5.41) is 37.7. The third-order valence-corrected chi connectivity index (χ3v) is 14.2. The molecule has 4 amide bonds. The van der Waals surface area contributed by atoms with Gasteiger partial charge in [0.25, 0.3) is 17.7 Å². The molecular formula is C67H77N7O17. The maximum Gasteiger partial charge on any atom is 0.412 e. The summed E-state index contributed by atoms with van der Waals surface area (Å²) in [4.78, 5) is 124. The summed E-state index contributed by atoms with van der Waals surface area (Å²) in [6.45, 7) is 19.8. The molecule has 2 fully saturated rings. The van der Waals surface area contributed by atoms with Crippen molar-refractivity contribution >= 4 is 77.3 Å². The van der Waals surface area contributed by atoms with Crippen LogP contribution in [0.4, 0.5) is 10.5 Å². The molecule has 24 nitrogen and oxygen atoms in total. The molecule has 0 radical (unpaired) electrons. The molecule has 5 aromatic rings. The third-order valence-electron chi connectivity index (χ3n) is 14.2. The Morgan fingerprint density at radius 3 is 1.57 bits per heavy atom. The van der Waals surface area contributed by atoms with Crippen molar-refractivity contribution < 1.29 is 81.8 Å². The number of esters is 4. The van der Waals surface area contributed by atoms with E-state index in [4.69, 9.17) is 38.9 Å². The van der Waals surface area contributed by atoms with Gasteiger partial charge >= 0.3 is 35.9 Å². The van der Waals surface area contributed by atoms with Gasteiger partial charge in [0.05, 0.1) is 31.1 Å². The van der Waals surface area contributed by atoms with Crippen molar-refractivity contribution in [1.29, 1.82) is 5.41 Å². The van der Waals surface area contributed by atoms with E-state index in [1.54, 1.807) is 52.8 Å². The van der Waals surface area contributed by atoms with E-state index in [-0.39, 0.29) is 75.2 Å². The molecule has 3 aromatic carbocycles. The van der Waals surface area contributed by atoms with Gasteiger partial charge in [0.1, 0.15) is 23.0 Å². The second-order valence-corrected chi connectivity index (χ2v) is 22.2. The van der Waals surface area contributed by atoms with E-state index in [9.17, 15) is 48.3 Å². The smallest absolute Gasteiger partial charge is 0.412 e. The van der Waals surface area contributed by atoms with Crippen LogP contribution in [0, 0.1) is 36.0 Å². The van der Waals surface area contributed by atoms with Crippen molar-refractivity contribution in [2.24, 2.45) is 23.7 Å². The maximum absolute atomic E-state index is 14.0. The second-order valence-electron chi connectivity index (χ2n) is 22.2. The van der Waals surface area contributed by atoms with Crippen molar-refractivity contribution in [3.05, 3.63) is 142 Å². The number of aromatic carboxylic acids is 1. The lowest BCUT2D eigenvalue weighted by Gasteiger charge is -2.19. The van der Waals surface area contributed by atoms with E-state index in [0.717, 1.165) is 31.2 Å². The fourth-order valence-corrected chi connectivity index (χ4v) is 8.65. The normalized spacial score (nSPS) is 13.0. The number of amides is 4. The number of anilines is 1. The van der Waals surface area contributed by atoms with Crippen LogP contribution in [0.5, 0.6) is 5.75 Å². The first-order valence-electron chi connectivity index (χ1n) is 29.7. The molecular weight excluding hydrogens is 1170 g/mol. The van der Waals surface area contributed by atoms with Gasteiger partial charge in [-0.25, -0.2) is 29.1 Å². The van der Waals surface area contributed by atoms with E-state index in [1.807, 2.05) is 0 Å². The minimum Gasteiger partial charge on any atom is -0.496 e. The first-order chi connectivity index (χ1) is 43.4. The maximum atomic E-state index is 14.0. The fourth-order valence-electron chi connectivity index (χ4n) is 8.65. The molecule has 0 aliphatic heterocycles. The SMILES string of the molecule is C=Cc1cc(C(=O)Nc2ccc(C(=N)NC(=O)OCCCCCO)cc2)c(-c2ccc(C(=O)NCC3CC3)nc2C(=O)OC(C)OC(=O)C(C)C)cc1OC.C=Cc1cc(C(=O)O)c(-c2ccc(C(=O)NCC3CC3)nc2C(=O)OC(C)OC(=O)C(C)C)cc1C. The Bertz CT molecular complexity index is 3570. The number of carboxylic acid groups (broad SMARTS) is 1. The van der Waals surface area contributed by atoms with Crippen LogP contribution in [0.2, 0.25) is 0 Å². The van der Waals surface area contributed by atoms with E-state index in [1.165, 1.54) is 87.7 Å². The first kappa shape index (κ1) is 70.0. The molecule has 7 rings (SSSR count). The van der Waals surface area contributed by atoms with Gasteiger partial charge in [0.15, 0.2) is 11.4 Å². The fraction of sp³-hybridized carbons (Fsp3) is 0.373. The van der Waals surface area contributed by atoms with Gasteiger partial charge in [0.2, 0.25) is 12.6 Å². The number of methoxy groups -OCH3 is 1. The lowest BCUT2D eigenvalue weighted by Crippen LogP contribution is -2.31. The second kappa shape index (κ2) is 32.9. The summed E-state index contributed by atoms with van der Waals surface area (Å²) >= 11 is 0. The molecule has 2 saturated carbocycles. The molecule has 0 saturated heterocycles. The number of amidine groups is 1. The topological polar surface area (TPSA) is 347 Å². The number of carboxylic acids is 1. The van der Waals surface area contributed by atoms with E-state index in [2.05, 4.69) is 44.4 Å². The zero-order chi connectivity index (χ0) is 66.6. The summed E-state index contributed by atoms with van der Waals surface area (Å²) in [5.41, 5.74) is 2.57. The average molecular weight is 1250 g/mol. The molecule has 2 unspecified atom stereocenters. The van der Waals surface area contributed by atoms with Crippen LogP contribution in [0.3, 0.4) is 0 Å². The minimum absolute atomic E-state index is 0.0190. The van der Waals surface area contributed by atoms with Gasteiger partial charge in [0, 0.05) is 72.6 Å². The van der Waals surface area contributed by atoms with Crippen molar-refractivity contribution in [2.75, 3.05) is 38.7 Å². The highest BCUT2D eigenvalue weighted by molar-refractivity contribution is 6.12. The number of aromatic nitrogens is 2. The number of nitrogens with zero attached hydrogens (tertiary/aromatic N) is 2. The Hall–Kier alpha value is -10.1. The number of unbranched alkanes of at least 4 members (excludes halogenated alkanes) is 2. The summed E-state index contributed by atoms with van der Waals surface area (Å²) in [7, 11) is 1.43. The highest BCUT2D eigenvalue weighted by Crippen LogP contribution is 2.36. The van der Waals surface area contributed by atoms with Crippen molar-refractivity contribution in [2.45, 2.75) is 106 Å². The minimum atomic E-state index is -1.29. The van der Waals surface area contributed by atoms with Crippen LogP contribution in [0.25, 0.3) is 34.4 Å². The number of hydrogen-bond donors (Lipinski definition) is 7. The number of hydrogen-bond acceptors (Lipinski definition) is 19. The number of nitrogens with one attached hydrogen (secondary N) is 5. The standard InChI is InChI=1S/C40H47N5O10.C27H30N2O7/c1-6-26-20-31(36(47)43-28-14-12-27(13-15-28)35(41)45-40(51)53-19-9-7-8-18-46)30(21-33(26)52-5)29-16-17-32(37(48)42-22-25-10-11-25)44-34(29)39(50)55-24(4)54-38(49)23(2)3;1-6-18-12-21(25(31)32)20(11-15(18)4)19-9-10-22(24(30)28-13-17-7-8-17)29-23(19)27(34)36-16(5)35-26(33)14(2)3/h6,12-17,20-21,23-25,46H,1,7-11,18-19,22H2,2-5H3,(H,42,48)(H,43,47)(H2,41,45,51);6,9-12,14,16-17H,1,7-8,13H2,2-5H3,(H,28,30)(H,31,32). The van der Waals surface area contributed by atoms with Crippen molar-refractivity contribution in [1.82, 2.24) is 25.9 Å². The third kappa shape index (κ3) is 20.2. The van der Waals surface area contributed by atoms with Gasteiger partial charge in [-0.15, -0.1) is 0 Å². The van der Waals surface area contributed by atoms with Crippen LogP contribution in [-0.2, 0) is 33.3 Å². The van der Waals surface area contributed by atoms with Gasteiger partial charge in [-0.1, -0.05) is 53.0 Å². The highest BCUT2D eigenvalue weighted by Gasteiger charge is 2.30. The molecule has 0 bridgehead atoms. The number of aliphatic hydroxyl groups excluding tert-OH is 1. The molecule has 2 aliphatic rings. The number of ether oxygens (including phenoxy) is 6. The Morgan fingerprint density at radius 2 is 1.12 bits per heavy atom. The quantitative estimate of drug-likeness (QED) is 0.00611. The molecule has 2 heterocycles. The molecule has 2 aromatic heterocycles. The first-order valence-corrected chi connectivity index (χ1v) is 29.7. The number of alkyl carbamates (subject to hydrolysis) is 1. The Balaban J connectivity index is 0.000000316. The number of benzene rings is 3.